The molecule has 2 rings (SSSR count). The molecule has 2 aromatic rings. The Morgan fingerprint density at radius 1 is 1.17 bits per heavy atom. The van der Waals surface area contributed by atoms with Crippen LogP contribution in [0, 0.1) is 17.0 Å². The third-order valence-corrected chi connectivity index (χ3v) is 2.80. The lowest BCUT2D eigenvalue weighted by molar-refractivity contribution is -0.385. The lowest BCUT2D eigenvalue weighted by Crippen LogP contribution is -2.40. The Kier molecular flexibility index (Phi) is 4.88. The Balaban J connectivity index is 1.95. The van der Waals surface area contributed by atoms with Gasteiger partial charge < -0.3 is 4.42 Å². The number of hydrazine groups is 1. The highest BCUT2D eigenvalue weighted by Crippen LogP contribution is 2.16. The Morgan fingerprint density at radius 2 is 1.91 bits per heavy atom. The van der Waals surface area contributed by atoms with Crippen molar-refractivity contribution in [1.82, 2.24) is 10.9 Å². The topological polar surface area (TPSA) is 114 Å². The third kappa shape index (κ3) is 4.27. The number of carbonyl (C=O) groups excluding carboxylic acids is 2. The molecule has 8 nitrogen and oxygen atoms in total. The second-order valence-corrected chi connectivity index (χ2v) is 4.50. The van der Waals surface area contributed by atoms with Crippen LogP contribution in [0.15, 0.2) is 46.9 Å². The van der Waals surface area contributed by atoms with E-state index in [1.54, 1.807) is 19.1 Å². The fourth-order valence-corrected chi connectivity index (χ4v) is 1.75. The fourth-order valence-electron chi connectivity index (χ4n) is 1.75. The molecule has 0 spiro atoms. The summed E-state index contributed by atoms with van der Waals surface area (Å²) in [5, 5.41) is 10.8. The van der Waals surface area contributed by atoms with E-state index in [9.17, 15) is 19.7 Å². The minimum Gasteiger partial charge on any atom is -0.462 e. The lowest BCUT2D eigenvalue weighted by Gasteiger charge is -2.05. The summed E-state index contributed by atoms with van der Waals surface area (Å²) in [5.74, 6) is -0.198. The average molecular weight is 315 g/mol. The van der Waals surface area contributed by atoms with E-state index in [1.807, 2.05) is 0 Å². The number of furan rings is 1. The number of benzene rings is 1. The maximum atomic E-state index is 11.9. The number of nitrogens with one attached hydrogen (secondary N) is 2. The highest BCUT2D eigenvalue weighted by molar-refractivity contribution is 6.00. The van der Waals surface area contributed by atoms with Crippen LogP contribution in [0.5, 0.6) is 0 Å². The van der Waals surface area contributed by atoms with E-state index < -0.39 is 16.7 Å². The first-order valence-electron chi connectivity index (χ1n) is 6.55. The predicted molar refractivity (Wildman–Crippen MR) is 81.2 cm³/mol. The van der Waals surface area contributed by atoms with Crippen molar-refractivity contribution < 1.29 is 18.9 Å². The normalized spacial score (nSPS) is 10.5. The summed E-state index contributed by atoms with van der Waals surface area (Å²) in [6, 6.07) is 8.86. The second-order valence-electron chi connectivity index (χ2n) is 4.50. The highest BCUT2D eigenvalue weighted by Gasteiger charge is 2.19. The number of amides is 2. The molecule has 0 aliphatic carbocycles. The molecule has 0 aliphatic heterocycles. The monoisotopic (exact) mass is 315 g/mol. The SMILES string of the molecule is Cc1ccc(/C=C/C(=O)NNC(=O)c2ccccc2[N+](=O)[O-])o1. The van der Waals surface area contributed by atoms with Crippen molar-refractivity contribution in [3.8, 4) is 0 Å². The minimum absolute atomic E-state index is 0.150. The first-order valence-corrected chi connectivity index (χ1v) is 6.55. The number of aryl methyl sites for hydroxylation is 1. The van der Waals surface area contributed by atoms with E-state index >= 15 is 0 Å². The van der Waals surface area contributed by atoms with Crippen molar-refractivity contribution in [3.05, 3.63) is 69.7 Å². The first kappa shape index (κ1) is 16.0. The van der Waals surface area contributed by atoms with Gasteiger partial charge in [-0.15, -0.1) is 0 Å². The number of nitro groups is 1. The van der Waals surface area contributed by atoms with E-state index in [1.165, 1.54) is 30.3 Å². The van der Waals surface area contributed by atoms with Gasteiger partial charge in [0.1, 0.15) is 17.1 Å². The van der Waals surface area contributed by atoms with Gasteiger partial charge in [-0.1, -0.05) is 12.1 Å². The van der Waals surface area contributed by atoms with Crippen molar-refractivity contribution in [2.45, 2.75) is 6.92 Å². The number of hydrogen-bond donors (Lipinski definition) is 2. The van der Waals surface area contributed by atoms with E-state index in [0.29, 0.717) is 11.5 Å². The van der Waals surface area contributed by atoms with Crippen LogP contribution < -0.4 is 10.9 Å². The molecule has 0 aliphatic rings. The average Bonchev–Trinajstić information content (AvgIpc) is 2.96. The van der Waals surface area contributed by atoms with E-state index in [0.717, 1.165) is 6.08 Å². The maximum Gasteiger partial charge on any atom is 0.282 e. The van der Waals surface area contributed by atoms with Gasteiger partial charge in [0, 0.05) is 12.1 Å². The van der Waals surface area contributed by atoms with Gasteiger partial charge in [0.2, 0.25) is 0 Å². The molecule has 0 bridgehead atoms. The molecule has 0 radical (unpaired) electrons. The van der Waals surface area contributed by atoms with E-state index in [4.69, 9.17) is 4.42 Å². The molecular weight excluding hydrogens is 302 g/mol. The first-order chi connectivity index (χ1) is 11.0. The van der Waals surface area contributed by atoms with Gasteiger partial charge in [-0.2, -0.15) is 0 Å². The molecule has 0 unspecified atom stereocenters. The summed E-state index contributed by atoms with van der Waals surface area (Å²) in [5.41, 5.74) is 3.75. The molecule has 2 amide bonds. The third-order valence-electron chi connectivity index (χ3n) is 2.80. The van der Waals surface area contributed by atoms with E-state index in [2.05, 4.69) is 10.9 Å². The second kappa shape index (κ2) is 7.03. The molecule has 1 aromatic heterocycles. The van der Waals surface area contributed by atoms with Crippen molar-refractivity contribution >= 4 is 23.6 Å². The van der Waals surface area contributed by atoms with Crippen molar-refractivity contribution in [2.75, 3.05) is 0 Å². The van der Waals surface area contributed by atoms with Crippen LogP contribution in [0.1, 0.15) is 21.9 Å². The van der Waals surface area contributed by atoms with Crippen LogP contribution in [-0.4, -0.2) is 16.7 Å². The van der Waals surface area contributed by atoms with Crippen LogP contribution >= 0.6 is 0 Å². The van der Waals surface area contributed by atoms with Crippen LogP contribution in [0.2, 0.25) is 0 Å². The Labute approximate surface area is 130 Å². The molecule has 0 saturated carbocycles. The zero-order chi connectivity index (χ0) is 16.8. The van der Waals surface area contributed by atoms with Crippen molar-refractivity contribution in [3.63, 3.8) is 0 Å². The molecule has 118 valence electrons. The fraction of sp³-hybridized carbons (Fsp3) is 0.0667. The number of nitrogens with zero attached hydrogens (tertiary/aromatic N) is 1. The molecular formula is C15H13N3O5. The molecule has 0 atom stereocenters. The molecule has 0 fully saturated rings. The summed E-state index contributed by atoms with van der Waals surface area (Å²) >= 11 is 0. The van der Waals surface area contributed by atoms with Gasteiger partial charge in [0.15, 0.2) is 0 Å². The minimum atomic E-state index is -0.784. The van der Waals surface area contributed by atoms with Gasteiger partial charge in [-0.3, -0.25) is 30.6 Å². The largest absolute Gasteiger partial charge is 0.462 e. The highest BCUT2D eigenvalue weighted by atomic mass is 16.6. The van der Waals surface area contributed by atoms with Gasteiger partial charge >= 0.3 is 0 Å². The molecule has 2 N–H and O–H groups in total. The molecule has 0 saturated heterocycles. The predicted octanol–water partition coefficient (Wildman–Crippen LogP) is 1.97. The van der Waals surface area contributed by atoms with Gasteiger partial charge in [-0.05, 0) is 31.2 Å². The standard InChI is InChI=1S/C15H13N3O5/c1-10-6-7-11(23-10)8-9-14(19)16-17-15(20)12-4-2-3-5-13(12)18(21)22/h2-9H,1H3,(H,16,19)(H,17,20)/b9-8+. The number of nitro benzene ring substituents is 1. The number of para-hydroxylation sites is 1. The number of hydrogen-bond acceptors (Lipinski definition) is 5. The van der Waals surface area contributed by atoms with Crippen LogP contribution in [0.25, 0.3) is 6.08 Å². The Hall–Kier alpha value is -3.42. The summed E-state index contributed by atoms with van der Waals surface area (Å²) in [6.07, 6.45) is 2.59. The Morgan fingerprint density at radius 3 is 2.57 bits per heavy atom. The van der Waals surface area contributed by atoms with Crippen LogP contribution in [-0.2, 0) is 4.79 Å². The molecule has 1 heterocycles. The van der Waals surface area contributed by atoms with Crippen molar-refractivity contribution in [2.24, 2.45) is 0 Å². The molecule has 8 heteroatoms. The smallest absolute Gasteiger partial charge is 0.282 e. The number of carbonyl (C=O) groups is 2. The van der Waals surface area contributed by atoms with Crippen molar-refractivity contribution in [1.29, 1.82) is 0 Å². The summed E-state index contributed by atoms with van der Waals surface area (Å²) in [4.78, 5) is 33.6. The summed E-state index contributed by atoms with van der Waals surface area (Å²) < 4.78 is 5.24. The molecule has 23 heavy (non-hydrogen) atoms. The summed E-state index contributed by atoms with van der Waals surface area (Å²) in [6.45, 7) is 1.77. The van der Waals surface area contributed by atoms with Gasteiger partial charge in [-0.25, -0.2) is 0 Å². The van der Waals surface area contributed by atoms with E-state index in [-0.39, 0.29) is 11.3 Å². The Bertz CT molecular complexity index is 779. The zero-order valence-electron chi connectivity index (χ0n) is 12.1. The maximum absolute atomic E-state index is 11.9. The molecule has 1 aromatic carbocycles. The van der Waals surface area contributed by atoms with Crippen LogP contribution in [0.3, 0.4) is 0 Å². The summed E-state index contributed by atoms with van der Waals surface area (Å²) in [7, 11) is 0. The quantitative estimate of drug-likeness (QED) is 0.508. The lowest BCUT2D eigenvalue weighted by atomic mass is 10.2. The van der Waals surface area contributed by atoms with Gasteiger partial charge in [0.25, 0.3) is 17.5 Å². The number of rotatable bonds is 4. The van der Waals surface area contributed by atoms with Crippen LogP contribution in [0.4, 0.5) is 5.69 Å². The zero-order valence-corrected chi connectivity index (χ0v) is 12.1. The van der Waals surface area contributed by atoms with Gasteiger partial charge in [0.05, 0.1) is 4.92 Å².